The van der Waals surface area contributed by atoms with E-state index in [1.54, 1.807) is 6.92 Å². The highest BCUT2D eigenvalue weighted by atomic mass is 16.3. The predicted octanol–water partition coefficient (Wildman–Crippen LogP) is 3.57. The third-order valence-corrected chi connectivity index (χ3v) is 9.20. The van der Waals surface area contributed by atoms with Crippen molar-refractivity contribution in [1.82, 2.24) is 0 Å². The number of rotatable bonds is 2. The zero-order valence-corrected chi connectivity index (χ0v) is 15.3. The summed E-state index contributed by atoms with van der Waals surface area (Å²) in [5, 5.41) is 20.0. The molecule has 0 aromatic carbocycles. The van der Waals surface area contributed by atoms with Crippen LogP contribution in [0.2, 0.25) is 0 Å². The Balaban J connectivity index is 1.66. The molecule has 4 fully saturated rings. The Kier molecular flexibility index (Phi) is 4.12. The van der Waals surface area contributed by atoms with Crippen LogP contribution in [0.3, 0.4) is 0 Å². The Morgan fingerprint density at radius 2 is 1.83 bits per heavy atom. The van der Waals surface area contributed by atoms with Crippen molar-refractivity contribution in [2.24, 2.45) is 40.4 Å². The monoisotopic (exact) mass is 334 g/mol. The molecule has 3 nitrogen and oxygen atoms in total. The van der Waals surface area contributed by atoms with Gasteiger partial charge in [-0.1, -0.05) is 6.92 Å². The van der Waals surface area contributed by atoms with Gasteiger partial charge in [-0.05, 0) is 99.7 Å². The van der Waals surface area contributed by atoms with E-state index in [-0.39, 0.29) is 24.0 Å². The number of Topliss-reactive ketones (excluding diaryl/α,β-unsaturated/α-hetero) is 1. The Morgan fingerprint density at radius 3 is 2.54 bits per heavy atom. The number of carbonyl (C=O) groups excluding carboxylic acids is 1. The topological polar surface area (TPSA) is 57.5 Å². The summed E-state index contributed by atoms with van der Waals surface area (Å²) < 4.78 is 0. The lowest BCUT2D eigenvalue weighted by Gasteiger charge is -2.61. The largest absolute Gasteiger partial charge is 0.396 e. The van der Waals surface area contributed by atoms with Crippen molar-refractivity contribution in [2.75, 3.05) is 6.61 Å². The maximum Gasteiger partial charge on any atom is 0.136 e. The standard InChI is InChI=1S/C21H34O3/c1-13(23)21-10-8-18-17(19(21)6-4-15(21)12-22)5-3-14-11-16(24)7-9-20(14,18)2/h14-19,22,24H,3-12H2,1-2H3/t14-,15+,16+,17+,18-,19-,20-,21-/m0/s1. The molecular weight excluding hydrogens is 300 g/mol. The van der Waals surface area contributed by atoms with Crippen LogP contribution in [-0.4, -0.2) is 28.7 Å². The van der Waals surface area contributed by atoms with Gasteiger partial charge in [0.1, 0.15) is 5.78 Å². The van der Waals surface area contributed by atoms with Gasteiger partial charge < -0.3 is 10.2 Å². The number of carbonyl (C=O) groups is 1. The van der Waals surface area contributed by atoms with Gasteiger partial charge >= 0.3 is 0 Å². The van der Waals surface area contributed by atoms with Crippen LogP contribution in [0.25, 0.3) is 0 Å². The van der Waals surface area contributed by atoms with Gasteiger partial charge in [-0.15, -0.1) is 0 Å². The highest BCUT2D eigenvalue weighted by molar-refractivity contribution is 5.83. The molecule has 136 valence electrons. The molecule has 0 aliphatic heterocycles. The normalized spacial score (nSPS) is 53.8. The second-order valence-corrected chi connectivity index (χ2v) is 9.68. The Bertz CT molecular complexity index is 517. The van der Waals surface area contributed by atoms with Crippen molar-refractivity contribution in [1.29, 1.82) is 0 Å². The van der Waals surface area contributed by atoms with Crippen LogP contribution in [0.5, 0.6) is 0 Å². The molecule has 0 saturated heterocycles. The summed E-state index contributed by atoms with van der Waals surface area (Å²) >= 11 is 0. The average Bonchev–Trinajstić information content (AvgIpc) is 2.95. The van der Waals surface area contributed by atoms with E-state index in [1.807, 2.05) is 0 Å². The van der Waals surface area contributed by atoms with E-state index in [9.17, 15) is 15.0 Å². The number of fused-ring (bicyclic) bond motifs is 5. The second kappa shape index (κ2) is 5.81. The lowest BCUT2D eigenvalue weighted by Crippen LogP contribution is -2.56. The summed E-state index contributed by atoms with van der Waals surface area (Å²) in [5.41, 5.74) is 0.135. The molecule has 0 heterocycles. The highest BCUT2D eigenvalue weighted by Crippen LogP contribution is 2.67. The van der Waals surface area contributed by atoms with E-state index in [0.29, 0.717) is 29.0 Å². The maximum atomic E-state index is 12.7. The fourth-order valence-corrected chi connectivity index (χ4v) is 8.00. The predicted molar refractivity (Wildman–Crippen MR) is 93.3 cm³/mol. The van der Waals surface area contributed by atoms with E-state index in [1.165, 1.54) is 12.8 Å². The number of hydrogen-bond acceptors (Lipinski definition) is 3. The number of hydrogen-bond donors (Lipinski definition) is 2. The molecule has 4 aliphatic rings. The van der Waals surface area contributed by atoms with Crippen molar-refractivity contribution >= 4 is 5.78 Å². The first-order valence-corrected chi connectivity index (χ1v) is 10.2. The van der Waals surface area contributed by atoms with Gasteiger partial charge in [-0.3, -0.25) is 4.79 Å². The number of ketones is 1. The Labute approximate surface area is 146 Å². The van der Waals surface area contributed by atoms with E-state index < -0.39 is 0 Å². The van der Waals surface area contributed by atoms with Gasteiger partial charge in [0.05, 0.1) is 6.10 Å². The first-order chi connectivity index (χ1) is 11.4. The minimum atomic E-state index is -0.229. The van der Waals surface area contributed by atoms with Crippen LogP contribution < -0.4 is 0 Å². The molecule has 0 spiro atoms. The van der Waals surface area contributed by atoms with Gasteiger partial charge in [0.15, 0.2) is 0 Å². The van der Waals surface area contributed by atoms with Gasteiger partial charge in [0, 0.05) is 12.0 Å². The molecule has 2 N–H and O–H groups in total. The van der Waals surface area contributed by atoms with Crippen LogP contribution in [-0.2, 0) is 4.79 Å². The maximum absolute atomic E-state index is 12.7. The molecule has 4 rings (SSSR count). The van der Waals surface area contributed by atoms with Crippen LogP contribution >= 0.6 is 0 Å². The summed E-state index contributed by atoms with van der Waals surface area (Å²) in [6.07, 6.45) is 9.77. The zero-order valence-electron chi connectivity index (χ0n) is 15.3. The van der Waals surface area contributed by atoms with E-state index >= 15 is 0 Å². The third-order valence-electron chi connectivity index (χ3n) is 9.20. The molecule has 4 aliphatic carbocycles. The fourth-order valence-electron chi connectivity index (χ4n) is 8.00. The van der Waals surface area contributed by atoms with Crippen LogP contribution in [0, 0.1) is 40.4 Å². The molecule has 24 heavy (non-hydrogen) atoms. The SMILES string of the molecule is CC(=O)[C@]12CC[C@H]3[C@@H](CC[C@H]4C[C@H](O)CC[C@@]43C)[C@@H]1CC[C@@H]2CO. The second-order valence-electron chi connectivity index (χ2n) is 9.68. The van der Waals surface area contributed by atoms with E-state index in [0.717, 1.165) is 50.9 Å². The summed E-state index contributed by atoms with van der Waals surface area (Å²) in [6.45, 7) is 4.45. The van der Waals surface area contributed by atoms with Crippen LogP contribution in [0.1, 0.15) is 71.6 Å². The van der Waals surface area contributed by atoms with Crippen molar-refractivity contribution < 1.29 is 15.0 Å². The summed E-state index contributed by atoms with van der Waals surface area (Å²) in [6, 6.07) is 0. The lowest BCUT2D eigenvalue weighted by molar-refractivity contribution is -0.155. The molecule has 8 atom stereocenters. The highest BCUT2D eigenvalue weighted by Gasteiger charge is 2.63. The molecule has 0 aromatic rings. The molecule has 0 amide bonds. The average molecular weight is 335 g/mol. The van der Waals surface area contributed by atoms with Gasteiger partial charge in [0.2, 0.25) is 0 Å². The number of aliphatic hydroxyl groups is 2. The summed E-state index contributed by atoms with van der Waals surface area (Å²) in [7, 11) is 0. The van der Waals surface area contributed by atoms with Crippen molar-refractivity contribution in [2.45, 2.75) is 77.7 Å². The summed E-state index contributed by atoms with van der Waals surface area (Å²) in [5.74, 6) is 3.08. The van der Waals surface area contributed by atoms with E-state index in [4.69, 9.17) is 0 Å². The molecule has 4 saturated carbocycles. The molecule has 3 heteroatoms. The molecule has 0 bridgehead atoms. The molecular formula is C21H34O3. The third kappa shape index (κ3) is 2.13. The lowest BCUT2D eigenvalue weighted by atomic mass is 9.44. The van der Waals surface area contributed by atoms with Crippen molar-refractivity contribution in [3.05, 3.63) is 0 Å². The Morgan fingerprint density at radius 1 is 1.04 bits per heavy atom. The van der Waals surface area contributed by atoms with Gasteiger partial charge in [-0.2, -0.15) is 0 Å². The minimum absolute atomic E-state index is 0.0928. The fraction of sp³-hybridized carbons (Fsp3) is 0.952. The quantitative estimate of drug-likeness (QED) is 0.812. The van der Waals surface area contributed by atoms with Crippen LogP contribution in [0.15, 0.2) is 0 Å². The molecule has 0 aromatic heterocycles. The first kappa shape index (κ1) is 17.0. The molecule has 0 unspecified atom stereocenters. The first-order valence-electron chi connectivity index (χ1n) is 10.2. The Hall–Kier alpha value is -0.410. The minimum Gasteiger partial charge on any atom is -0.396 e. The van der Waals surface area contributed by atoms with E-state index in [2.05, 4.69) is 6.92 Å². The summed E-state index contributed by atoms with van der Waals surface area (Å²) in [4.78, 5) is 12.7. The smallest absolute Gasteiger partial charge is 0.136 e. The van der Waals surface area contributed by atoms with Crippen LogP contribution in [0.4, 0.5) is 0 Å². The van der Waals surface area contributed by atoms with Crippen molar-refractivity contribution in [3.8, 4) is 0 Å². The number of aliphatic hydroxyl groups excluding tert-OH is 2. The van der Waals surface area contributed by atoms with Gasteiger partial charge in [-0.25, -0.2) is 0 Å². The van der Waals surface area contributed by atoms with Crippen molar-refractivity contribution in [3.63, 3.8) is 0 Å². The zero-order chi connectivity index (χ0) is 17.1. The van der Waals surface area contributed by atoms with Gasteiger partial charge in [0.25, 0.3) is 0 Å². The molecule has 0 radical (unpaired) electrons.